The van der Waals surface area contributed by atoms with E-state index in [1.54, 1.807) is 7.05 Å². The predicted octanol–water partition coefficient (Wildman–Crippen LogP) is 2.90. The number of carbonyl (C=O) groups is 1. The molecule has 1 amide bonds. The predicted molar refractivity (Wildman–Crippen MR) is 61.1 cm³/mol. The first kappa shape index (κ1) is 13.2. The van der Waals surface area contributed by atoms with Crippen LogP contribution in [0.2, 0.25) is 0 Å². The summed E-state index contributed by atoms with van der Waals surface area (Å²) in [6.07, 6.45) is 10.1. The molecular formula is C12H23NO. The zero-order valence-electron chi connectivity index (χ0n) is 9.68. The minimum atomic E-state index is 0.0995. The second kappa shape index (κ2) is 8.79. The Morgan fingerprint density at radius 2 is 2.07 bits per heavy atom. The van der Waals surface area contributed by atoms with E-state index in [0.717, 1.165) is 12.8 Å². The van der Waals surface area contributed by atoms with E-state index in [0.29, 0.717) is 0 Å². The molecule has 0 bridgehead atoms. The summed E-state index contributed by atoms with van der Waals surface area (Å²) in [6, 6.07) is 0. The summed E-state index contributed by atoms with van der Waals surface area (Å²) in [5.41, 5.74) is 0. The van der Waals surface area contributed by atoms with Crippen molar-refractivity contribution in [3.05, 3.63) is 12.2 Å². The zero-order valence-corrected chi connectivity index (χ0v) is 9.68. The minimum absolute atomic E-state index is 0.0995. The van der Waals surface area contributed by atoms with Gasteiger partial charge in [0.1, 0.15) is 0 Å². The third-order valence-corrected chi connectivity index (χ3v) is 2.32. The van der Waals surface area contributed by atoms with Gasteiger partial charge in [0.25, 0.3) is 0 Å². The molecular weight excluding hydrogens is 174 g/mol. The van der Waals surface area contributed by atoms with E-state index >= 15 is 0 Å². The van der Waals surface area contributed by atoms with Crippen molar-refractivity contribution in [1.29, 1.82) is 0 Å². The molecule has 0 aliphatic heterocycles. The number of nitrogens with one attached hydrogen (secondary N) is 1. The van der Waals surface area contributed by atoms with Crippen LogP contribution in [0.5, 0.6) is 0 Å². The number of allylic oxidation sites excluding steroid dienone is 2. The Bertz CT molecular complexity index is 175. The third kappa shape index (κ3) is 6.70. The Morgan fingerprint density at radius 3 is 2.64 bits per heavy atom. The van der Waals surface area contributed by atoms with E-state index in [1.165, 1.54) is 19.3 Å². The molecule has 0 aromatic heterocycles. The molecule has 0 radical (unpaired) electrons. The van der Waals surface area contributed by atoms with Gasteiger partial charge in [0.2, 0.25) is 5.91 Å². The largest absolute Gasteiger partial charge is 0.359 e. The van der Waals surface area contributed by atoms with Crippen LogP contribution in [-0.2, 0) is 4.79 Å². The third-order valence-electron chi connectivity index (χ3n) is 2.32. The minimum Gasteiger partial charge on any atom is -0.359 e. The Labute approximate surface area is 87.8 Å². The fourth-order valence-electron chi connectivity index (χ4n) is 1.28. The lowest BCUT2D eigenvalue weighted by Crippen LogP contribution is -2.24. The van der Waals surface area contributed by atoms with Crippen LogP contribution in [0.25, 0.3) is 0 Å². The van der Waals surface area contributed by atoms with Crippen LogP contribution < -0.4 is 5.32 Å². The Hall–Kier alpha value is -0.790. The van der Waals surface area contributed by atoms with Crippen molar-refractivity contribution in [1.82, 2.24) is 5.32 Å². The Balaban J connectivity index is 3.46. The average molecular weight is 197 g/mol. The lowest BCUT2D eigenvalue weighted by Gasteiger charge is -2.05. The van der Waals surface area contributed by atoms with Crippen molar-refractivity contribution in [2.75, 3.05) is 7.05 Å². The van der Waals surface area contributed by atoms with Crippen molar-refractivity contribution in [2.45, 2.75) is 46.0 Å². The molecule has 82 valence electrons. The van der Waals surface area contributed by atoms with Crippen LogP contribution in [0.4, 0.5) is 0 Å². The van der Waals surface area contributed by atoms with E-state index in [2.05, 4.69) is 24.4 Å². The lowest BCUT2D eigenvalue weighted by molar-refractivity contribution is -0.123. The second-order valence-corrected chi connectivity index (χ2v) is 3.72. The van der Waals surface area contributed by atoms with Crippen molar-refractivity contribution < 1.29 is 4.79 Å². The lowest BCUT2D eigenvalue weighted by atomic mass is 10.1. The van der Waals surface area contributed by atoms with Crippen LogP contribution >= 0.6 is 0 Å². The second-order valence-electron chi connectivity index (χ2n) is 3.72. The first-order chi connectivity index (χ1) is 6.72. The van der Waals surface area contributed by atoms with Crippen LogP contribution in [0.1, 0.15) is 46.0 Å². The van der Waals surface area contributed by atoms with E-state index in [-0.39, 0.29) is 11.8 Å². The van der Waals surface area contributed by atoms with Gasteiger partial charge in [0.05, 0.1) is 0 Å². The highest BCUT2D eigenvalue weighted by atomic mass is 16.1. The standard InChI is InChI=1S/C12H23NO/c1-4-5-6-7-8-9-10-11(2)12(14)13-3/h8-9,11H,4-7,10H2,1-3H3,(H,13,14)/b9-8-. The van der Waals surface area contributed by atoms with Gasteiger partial charge in [0.15, 0.2) is 0 Å². The Kier molecular flexibility index (Phi) is 8.30. The first-order valence-corrected chi connectivity index (χ1v) is 5.59. The molecule has 0 heterocycles. The van der Waals surface area contributed by atoms with Gasteiger partial charge in [-0.3, -0.25) is 4.79 Å². The molecule has 2 nitrogen and oxygen atoms in total. The fraction of sp³-hybridized carbons (Fsp3) is 0.750. The maximum atomic E-state index is 11.1. The summed E-state index contributed by atoms with van der Waals surface area (Å²) in [6.45, 7) is 4.16. The summed E-state index contributed by atoms with van der Waals surface area (Å²) < 4.78 is 0. The zero-order chi connectivity index (χ0) is 10.8. The van der Waals surface area contributed by atoms with Gasteiger partial charge in [-0.1, -0.05) is 38.8 Å². The van der Waals surface area contributed by atoms with Crippen LogP contribution in [0.15, 0.2) is 12.2 Å². The SMILES string of the molecule is CCCCC/C=C\CC(C)C(=O)NC. The summed E-state index contributed by atoms with van der Waals surface area (Å²) in [4.78, 5) is 11.1. The molecule has 1 unspecified atom stereocenters. The van der Waals surface area contributed by atoms with Crippen molar-refractivity contribution >= 4 is 5.91 Å². The van der Waals surface area contributed by atoms with Gasteiger partial charge in [-0.15, -0.1) is 0 Å². The summed E-state index contributed by atoms with van der Waals surface area (Å²) in [5, 5.41) is 2.65. The van der Waals surface area contributed by atoms with E-state index in [1.807, 2.05) is 6.92 Å². The molecule has 0 aromatic carbocycles. The van der Waals surface area contributed by atoms with Crippen LogP contribution in [0, 0.1) is 5.92 Å². The highest BCUT2D eigenvalue weighted by Crippen LogP contribution is 2.05. The van der Waals surface area contributed by atoms with E-state index in [9.17, 15) is 4.79 Å². The maximum Gasteiger partial charge on any atom is 0.222 e. The highest BCUT2D eigenvalue weighted by molar-refractivity contribution is 5.77. The molecule has 2 heteroatoms. The molecule has 1 N–H and O–H groups in total. The van der Waals surface area contributed by atoms with Crippen molar-refractivity contribution in [3.63, 3.8) is 0 Å². The molecule has 0 rings (SSSR count). The van der Waals surface area contributed by atoms with Crippen LogP contribution in [0.3, 0.4) is 0 Å². The fourth-order valence-corrected chi connectivity index (χ4v) is 1.28. The number of rotatable bonds is 7. The van der Waals surface area contributed by atoms with Crippen molar-refractivity contribution in [3.8, 4) is 0 Å². The monoisotopic (exact) mass is 197 g/mol. The number of hydrogen-bond acceptors (Lipinski definition) is 1. The van der Waals surface area contributed by atoms with Gasteiger partial charge in [-0.2, -0.15) is 0 Å². The van der Waals surface area contributed by atoms with Crippen LogP contribution in [-0.4, -0.2) is 13.0 Å². The molecule has 0 spiro atoms. The summed E-state index contributed by atoms with van der Waals surface area (Å²) >= 11 is 0. The number of hydrogen-bond donors (Lipinski definition) is 1. The van der Waals surface area contributed by atoms with Gasteiger partial charge in [-0.25, -0.2) is 0 Å². The van der Waals surface area contributed by atoms with Gasteiger partial charge in [0, 0.05) is 13.0 Å². The number of amides is 1. The van der Waals surface area contributed by atoms with Gasteiger partial charge < -0.3 is 5.32 Å². The topological polar surface area (TPSA) is 29.1 Å². The van der Waals surface area contributed by atoms with Gasteiger partial charge >= 0.3 is 0 Å². The molecule has 0 aliphatic carbocycles. The highest BCUT2D eigenvalue weighted by Gasteiger charge is 2.07. The quantitative estimate of drug-likeness (QED) is 0.493. The van der Waals surface area contributed by atoms with E-state index < -0.39 is 0 Å². The molecule has 0 aromatic rings. The van der Waals surface area contributed by atoms with Gasteiger partial charge in [-0.05, 0) is 19.3 Å². The first-order valence-electron chi connectivity index (χ1n) is 5.59. The number of carbonyl (C=O) groups excluding carboxylic acids is 1. The maximum absolute atomic E-state index is 11.1. The van der Waals surface area contributed by atoms with Crippen molar-refractivity contribution in [2.24, 2.45) is 5.92 Å². The molecule has 14 heavy (non-hydrogen) atoms. The smallest absolute Gasteiger partial charge is 0.222 e. The molecule has 0 saturated carbocycles. The summed E-state index contributed by atoms with van der Waals surface area (Å²) in [5.74, 6) is 0.227. The number of unbranched alkanes of at least 4 members (excludes halogenated alkanes) is 3. The average Bonchev–Trinajstić information content (AvgIpc) is 2.21. The summed E-state index contributed by atoms with van der Waals surface area (Å²) in [7, 11) is 1.68. The molecule has 1 atom stereocenters. The molecule has 0 saturated heterocycles. The Morgan fingerprint density at radius 1 is 1.36 bits per heavy atom. The normalized spacial score (nSPS) is 13.1. The molecule has 0 fully saturated rings. The van der Waals surface area contributed by atoms with E-state index in [4.69, 9.17) is 0 Å². The molecule has 0 aliphatic rings.